The highest BCUT2D eigenvalue weighted by molar-refractivity contribution is 5.84. The highest BCUT2D eigenvalue weighted by atomic mass is 19.4. The van der Waals surface area contributed by atoms with Crippen LogP contribution in [0.5, 0.6) is 11.5 Å². The zero-order chi connectivity index (χ0) is 28.2. The van der Waals surface area contributed by atoms with Gasteiger partial charge in [-0.15, -0.1) is 0 Å². The second kappa shape index (κ2) is 12.0. The molecule has 0 saturated heterocycles. The number of rotatable bonds is 10. The van der Waals surface area contributed by atoms with Crippen LogP contribution in [0, 0.1) is 23.3 Å². The maximum Gasteiger partial charge on any atom is 0.422 e. The van der Waals surface area contributed by atoms with Crippen molar-refractivity contribution in [3.05, 3.63) is 106 Å². The van der Waals surface area contributed by atoms with Crippen LogP contribution in [0.4, 0.5) is 30.7 Å². The second-order valence-electron chi connectivity index (χ2n) is 9.06. The third-order valence-corrected chi connectivity index (χ3v) is 6.26. The maximum absolute atomic E-state index is 15.2. The zero-order valence-electron chi connectivity index (χ0n) is 21.0. The van der Waals surface area contributed by atoms with Crippen LogP contribution in [-0.4, -0.2) is 19.4 Å². The van der Waals surface area contributed by atoms with E-state index in [0.29, 0.717) is 34.9 Å². The summed E-state index contributed by atoms with van der Waals surface area (Å²) < 4.78 is 105. The standard InChI is InChI=1S/C30H25F7O2/c1-2-38-22-15-25(31)24(26(32)16-22)11-5-18-4-10-23-21(13-18)9-8-20(29(23)34)7-3-19-6-12-28(27(33)14-19)39-17-30(35,36)37/h4,6,8-10,12-16H,2-3,5,7,11,17H2,1H3. The van der Waals surface area contributed by atoms with Gasteiger partial charge in [-0.3, -0.25) is 0 Å². The molecule has 0 radical (unpaired) electrons. The van der Waals surface area contributed by atoms with Crippen LogP contribution in [0.25, 0.3) is 10.8 Å². The van der Waals surface area contributed by atoms with Crippen LogP contribution in [-0.2, 0) is 25.7 Å². The second-order valence-corrected chi connectivity index (χ2v) is 9.06. The molecule has 0 N–H and O–H groups in total. The van der Waals surface area contributed by atoms with Crippen LogP contribution in [0.1, 0.15) is 29.2 Å². The van der Waals surface area contributed by atoms with Crippen molar-refractivity contribution in [3.8, 4) is 11.5 Å². The number of halogens is 7. The highest BCUT2D eigenvalue weighted by Crippen LogP contribution is 2.27. The molecule has 0 aliphatic rings. The van der Waals surface area contributed by atoms with Gasteiger partial charge in [-0.05, 0) is 66.8 Å². The molecule has 0 spiro atoms. The molecule has 0 bridgehead atoms. The molecule has 0 amide bonds. The first-order valence-corrected chi connectivity index (χ1v) is 12.3. The Morgan fingerprint density at radius 2 is 1.33 bits per heavy atom. The molecule has 0 fully saturated rings. The quantitative estimate of drug-likeness (QED) is 0.185. The van der Waals surface area contributed by atoms with Crippen molar-refractivity contribution in [1.29, 1.82) is 0 Å². The average Bonchev–Trinajstić information content (AvgIpc) is 2.87. The highest BCUT2D eigenvalue weighted by Gasteiger charge is 2.29. The van der Waals surface area contributed by atoms with Crippen LogP contribution in [0.2, 0.25) is 0 Å². The summed E-state index contributed by atoms with van der Waals surface area (Å²) in [6.45, 7) is 0.421. The molecule has 0 heterocycles. The van der Waals surface area contributed by atoms with E-state index in [1.165, 1.54) is 6.07 Å². The van der Waals surface area contributed by atoms with E-state index in [-0.39, 0.29) is 30.6 Å². The summed E-state index contributed by atoms with van der Waals surface area (Å²) in [5.41, 5.74) is 1.61. The van der Waals surface area contributed by atoms with E-state index in [0.717, 1.165) is 29.8 Å². The molecule has 0 saturated carbocycles. The molecule has 206 valence electrons. The van der Waals surface area contributed by atoms with E-state index in [4.69, 9.17) is 4.74 Å². The van der Waals surface area contributed by atoms with E-state index in [9.17, 15) is 26.3 Å². The van der Waals surface area contributed by atoms with E-state index in [2.05, 4.69) is 4.74 Å². The van der Waals surface area contributed by atoms with E-state index in [1.807, 2.05) is 0 Å². The maximum atomic E-state index is 15.2. The van der Waals surface area contributed by atoms with Crippen LogP contribution >= 0.6 is 0 Å². The van der Waals surface area contributed by atoms with Gasteiger partial charge in [0, 0.05) is 23.1 Å². The van der Waals surface area contributed by atoms with Gasteiger partial charge in [0.15, 0.2) is 18.2 Å². The third kappa shape index (κ3) is 7.22. The largest absolute Gasteiger partial charge is 0.494 e. The van der Waals surface area contributed by atoms with Gasteiger partial charge in [0.2, 0.25) is 0 Å². The minimum Gasteiger partial charge on any atom is -0.494 e. The van der Waals surface area contributed by atoms with Gasteiger partial charge >= 0.3 is 6.18 Å². The lowest BCUT2D eigenvalue weighted by atomic mass is 9.97. The summed E-state index contributed by atoms with van der Waals surface area (Å²) >= 11 is 0. The van der Waals surface area contributed by atoms with Gasteiger partial charge in [-0.25, -0.2) is 17.6 Å². The lowest BCUT2D eigenvalue weighted by Gasteiger charge is -2.12. The van der Waals surface area contributed by atoms with Crippen molar-refractivity contribution in [3.63, 3.8) is 0 Å². The molecule has 4 aromatic carbocycles. The molecule has 0 aliphatic heterocycles. The number of alkyl halides is 3. The Hall–Kier alpha value is -3.75. The molecule has 0 unspecified atom stereocenters. The summed E-state index contributed by atoms with van der Waals surface area (Å²) in [6, 6.07) is 14.4. The Kier molecular flexibility index (Phi) is 8.67. The zero-order valence-corrected chi connectivity index (χ0v) is 21.0. The van der Waals surface area contributed by atoms with Crippen molar-refractivity contribution >= 4 is 10.8 Å². The van der Waals surface area contributed by atoms with E-state index < -0.39 is 41.8 Å². The fraction of sp³-hybridized carbons (Fsp3) is 0.267. The van der Waals surface area contributed by atoms with Gasteiger partial charge in [0.05, 0.1) is 6.61 Å². The Morgan fingerprint density at radius 1 is 0.667 bits per heavy atom. The predicted octanol–water partition coefficient (Wildman–Crippen LogP) is 8.31. The van der Waals surface area contributed by atoms with Crippen molar-refractivity contribution in [2.75, 3.05) is 13.2 Å². The van der Waals surface area contributed by atoms with Crippen molar-refractivity contribution in [2.45, 2.75) is 38.8 Å². The number of aryl methyl sites for hydroxylation is 3. The SMILES string of the molecule is CCOc1cc(F)c(CCc2ccc3c(F)c(CCc4ccc(OCC(F)(F)F)c(F)c4)ccc3c2)c(F)c1. The van der Waals surface area contributed by atoms with E-state index >= 15 is 4.39 Å². The van der Waals surface area contributed by atoms with E-state index in [1.54, 1.807) is 37.3 Å². The molecule has 0 aromatic heterocycles. The summed E-state index contributed by atoms with van der Waals surface area (Å²) in [7, 11) is 0. The minimum absolute atomic E-state index is 0.0449. The van der Waals surface area contributed by atoms with Crippen LogP contribution < -0.4 is 9.47 Å². The molecular weight excluding hydrogens is 525 g/mol. The molecule has 39 heavy (non-hydrogen) atoms. The molecule has 0 atom stereocenters. The number of benzene rings is 4. The molecule has 2 nitrogen and oxygen atoms in total. The summed E-state index contributed by atoms with van der Waals surface area (Å²) in [5.74, 6) is -3.10. The van der Waals surface area contributed by atoms with Gasteiger partial charge in [0.25, 0.3) is 0 Å². The minimum atomic E-state index is -4.58. The monoisotopic (exact) mass is 550 g/mol. The van der Waals surface area contributed by atoms with Gasteiger partial charge in [0.1, 0.15) is 23.2 Å². The first-order valence-electron chi connectivity index (χ1n) is 12.3. The molecular formula is C30H25F7O2. The number of ether oxygens (including phenoxy) is 2. The third-order valence-electron chi connectivity index (χ3n) is 6.26. The lowest BCUT2D eigenvalue weighted by molar-refractivity contribution is -0.153. The fourth-order valence-electron chi connectivity index (χ4n) is 4.33. The Labute approximate surface area is 221 Å². The van der Waals surface area contributed by atoms with Crippen LogP contribution in [0.15, 0.2) is 60.7 Å². The number of hydrogen-bond donors (Lipinski definition) is 0. The number of fused-ring (bicyclic) bond motifs is 1. The molecule has 4 rings (SSSR count). The van der Waals surface area contributed by atoms with Crippen LogP contribution in [0.3, 0.4) is 0 Å². The normalized spacial score (nSPS) is 11.7. The van der Waals surface area contributed by atoms with Gasteiger partial charge in [-0.2, -0.15) is 13.2 Å². The Balaban J connectivity index is 1.42. The Morgan fingerprint density at radius 3 is 2.00 bits per heavy atom. The lowest BCUT2D eigenvalue weighted by Crippen LogP contribution is -2.19. The molecule has 4 aromatic rings. The molecule has 0 aliphatic carbocycles. The van der Waals surface area contributed by atoms with Crippen molar-refractivity contribution in [2.24, 2.45) is 0 Å². The van der Waals surface area contributed by atoms with Crippen molar-refractivity contribution < 1.29 is 40.2 Å². The fourth-order valence-corrected chi connectivity index (χ4v) is 4.33. The first-order chi connectivity index (χ1) is 18.5. The first kappa shape index (κ1) is 28.3. The van der Waals surface area contributed by atoms with Crippen molar-refractivity contribution in [1.82, 2.24) is 0 Å². The predicted molar refractivity (Wildman–Crippen MR) is 134 cm³/mol. The van der Waals surface area contributed by atoms with Gasteiger partial charge in [-0.1, -0.05) is 36.4 Å². The molecule has 9 heteroatoms. The summed E-state index contributed by atoms with van der Waals surface area (Å²) in [6.07, 6.45) is -3.62. The smallest absolute Gasteiger partial charge is 0.422 e. The topological polar surface area (TPSA) is 18.5 Å². The summed E-state index contributed by atoms with van der Waals surface area (Å²) in [5, 5.41) is 0.996. The summed E-state index contributed by atoms with van der Waals surface area (Å²) in [4.78, 5) is 0. The number of hydrogen-bond acceptors (Lipinski definition) is 2. The Bertz CT molecular complexity index is 1440. The van der Waals surface area contributed by atoms with Gasteiger partial charge < -0.3 is 9.47 Å². The average molecular weight is 551 g/mol.